The first-order chi connectivity index (χ1) is 8.08. The molecule has 5 heteroatoms. The predicted molar refractivity (Wildman–Crippen MR) is 64.5 cm³/mol. The lowest BCUT2D eigenvalue weighted by molar-refractivity contribution is -0.143. The van der Waals surface area contributed by atoms with Gasteiger partial charge in [-0.1, -0.05) is 0 Å². The third kappa shape index (κ3) is 4.34. The summed E-state index contributed by atoms with van der Waals surface area (Å²) in [5, 5.41) is 6.05. The van der Waals surface area contributed by atoms with Crippen molar-refractivity contribution in [2.24, 2.45) is 0 Å². The molecule has 1 saturated heterocycles. The maximum absolute atomic E-state index is 11.8. The van der Waals surface area contributed by atoms with E-state index in [4.69, 9.17) is 4.74 Å². The first kappa shape index (κ1) is 14.0. The summed E-state index contributed by atoms with van der Waals surface area (Å²) in [4.78, 5) is 22.9. The Morgan fingerprint density at radius 3 is 2.82 bits per heavy atom. The van der Waals surface area contributed by atoms with Gasteiger partial charge in [-0.2, -0.15) is 0 Å². The smallest absolute Gasteiger partial charge is 0.305 e. The van der Waals surface area contributed by atoms with Gasteiger partial charge in [-0.05, 0) is 39.7 Å². The minimum atomic E-state index is -0.427. The summed E-state index contributed by atoms with van der Waals surface area (Å²) in [6.45, 7) is 5.53. The summed E-state index contributed by atoms with van der Waals surface area (Å²) < 4.78 is 4.80. The summed E-state index contributed by atoms with van der Waals surface area (Å²) in [5.41, 5.74) is -0.427. The normalized spacial score (nSPS) is 23.4. The van der Waals surface area contributed by atoms with E-state index in [9.17, 15) is 9.59 Å². The van der Waals surface area contributed by atoms with Crippen LogP contribution < -0.4 is 10.6 Å². The van der Waals surface area contributed by atoms with Gasteiger partial charge < -0.3 is 15.4 Å². The van der Waals surface area contributed by atoms with E-state index in [1.165, 1.54) is 0 Å². The Hall–Kier alpha value is -1.10. The number of rotatable bonds is 6. The van der Waals surface area contributed by atoms with Crippen molar-refractivity contribution in [2.75, 3.05) is 19.7 Å². The molecule has 1 amide bonds. The van der Waals surface area contributed by atoms with Crippen LogP contribution in [0.5, 0.6) is 0 Å². The number of ether oxygens (including phenoxy) is 1. The van der Waals surface area contributed by atoms with Crippen LogP contribution in [0.1, 0.15) is 39.5 Å². The van der Waals surface area contributed by atoms with Crippen LogP contribution in [0.15, 0.2) is 0 Å². The molecule has 1 fully saturated rings. The molecule has 0 bridgehead atoms. The van der Waals surface area contributed by atoms with Gasteiger partial charge in [0.1, 0.15) is 0 Å². The van der Waals surface area contributed by atoms with Crippen molar-refractivity contribution in [1.82, 2.24) is 10.6 Å². The lowest BCUT2D eigenvalue weighted by atomic mass is 9.99. The number of carbonyl (C=O) groups excluding carboxylic acids is 2. The largest absolute Gasteiger partial charge is 0.466 e. The topological polar surface area (TPSA) is 67.4 Å². The molecule has 0 aromatic rings. The average molecular weight is 242 g/mol. The van der Waals surface area contributed by atoms with E-state index in [1.807, 2.05) is 6.92 Å². The molecular formula is C12H22N2O3. The van der Waals surface area contributed by atoms with Crippen molar-refractivity contribution in [3.8, 4) is 0 Å². The second-order valence-electron chi connectivity index (χ2n) is 4.53. The molecule has 0 spiro atoms. The molecule has 98 valence electrons. The molecule has 0 radical (unpaired) electrons. The van der Waals surface area contributed by atoms with Crippen LogP contribution in [-0.4, -0.2) is 37.1 Å². The van der Waals surface area contributed by atoms with Crippen molar-refractivity contribution in [3.05, 3.63) is 0 Å². The van der Waals surface area contributed by atoms with Gasteiger partial charge in [0.05, 0.1) is 12.1 Å². The summed E-state index contributed by atoms with van der Waals surface area (Å²) in [5.74, 6) is -0.175. The molecule has 1 atom stereocenters. The highest BCUT2D eigenvalue weighted by molar-refractivity contribution is 5.86. The van der Waals surface area contributed by atoms with Crippen LogP contribution in [0.4, 0.5) is 0 Å². The predicted octanol–water partition coefficient (Wildman–Crippen LogP) is 0.588. The first-order valence-electron chi connectivity index (χ1n) is 6.27. The van der Waals surface area contributed by atoms with E-state index < -0.39 is 5.54 Å². The van der Waals surface area contributed by atoms with Gasteiger partial charge in [0.2, 0.25) is 5.91 Å². The van der Waals surface area contributed by atoms with Crippen LogP contribution in [0.25, 0.3) is 0 Å². The van der Waals surface area contributed by atoms with Gasteiger partial charge in [0, 0.05) is 13.0 Å². The zero-order valence-corrected chi connectivity index (χ0v) is 10.7. The fourth-order valence-corrected chi connectivity index (χ4v) is 1.95. The minimum absolute atomic E-state index is 0.0267. The highest BCUT2D eigenvalue weighted by Crippen LogP contribution is 2.18. The second-order valence-corrected chi connectivity index (χ2v) is 4.53. The van der Waals surface area contributed by atoms with Crippen molar-refractivity contribution in [3.63, 3.8) is 0 Å². The van der Waals surface area contributed by atoms with E-state index >= 15 is 0 Å². The second kappa shape index (κ2) is 6.59. The molecular weight excluding hydrogens is 220 g/mol. The van der Waals surface area contributed by atoms with Crippen molar-refractivity contribution in [2.45, 2.75) is 45.1 Å². The Morgan fingerprint density at radius 2 is 2.24 bits per heavy atom. The Bertz CT molecular complexity index is 273. The molecule has 1 heterocycles. The summed E-state index contributed by atoms with van der Waals surface area (Å²) in [7, 11) is 0. The molecule has 1 aliphatic heterocycles. The van der Waals surface area contributed by atoms with Crippen molar-refractivity contribution < 1.29 is 14.3 Å². The fourth-order valence-electron chi connectivity index (χ4n) is 1.95. The monoisotopic (exact) mass is 242 g/mol. The highest BCUT2D eigenvalue weighted by Gasteiger charge is 2.35. The van der Waals surface area contributed by atoms with E-state index in [2.05, 4.69) is 10.6 Å². The van der Waals surface area contributed by atoms with Gasteiger partial charge in [-0.3, -0.25) is 9.59 Å². The maximum Gasteiger partial charge on any atom is 0.305 e. The average Bonchev–Trinajstić information content (AvgIpc) is 2.73. The summed E-state index contributed by atoms with van der Waals surface area (Å²) >= 11 is 0. The molecule has 0 aromatic heterocycles. The summed E-state index contributed by atoms with van der Waals surface area (Å²) in [6.07, 6.45) is 2.89. The Kier molecular flexibility index (Phi) is 5.41. The molecule has 0 aromatic carbocycles. The van der Waals surface area contributed by atoms with Crippen LogP contribution in [0.2, 0.25) is 0 Å². The number of nitrogens with one attached hydrogen (secondary N) is 2. The molecule has 0 saturated carbocycles. The van der Waals surface area contributed by atoms with Crippen molar-refractivity contribution in [1.29, 1.82) is 0 Å². The zero-order chi connectivity index (χ0) is 12.7. The van der Waals surface area contributed by atoms with E-state index in [0.29, 0.717) is 26.0 Å². The standard InChI is InChI=1S/C12H22N2O3/c1-3-17-10(15)6-4-8-13-11(16)12(2)7-5-9-14-12/h14H,3-9H2,1-2H3,(H,13,16). The number of amides is 1. The molecule has 5 nitrogen and oxygen atoms in total. The van der Waals surface area contributed by atoms with E-state index in [0.717, 1.165) is 19.4 Å². The Labute approximate surface area is 102 Å². The van der Waals surface area contributed by atoms with Crippen LogP contribution in [-0.2, 0) is 14.3 Å². The number of hydrogen-bond donors (Lipinski definition) is 2. The maximum atomic E-state index is 11.8. The van der Waals surface area contributed by atoms with Gasteiger partial charge >= 0.3 is 5.97 Å². The molecule has 0 aliphatic carbocycles. The molecule has 1 unspecified atom stereocenters. The fraction of sp³-hybridized carbons (Fsp3) is 0.833. The first-order valence-corrected chi connectivity index (χ1v) is 6.27. The quantitative estimate of drug-likeness (QED) is 0.528. The molecule has 2 N–H and O–H groups in total. The van der Waals surface area contributed by atoms with Gasteiger partial charge in [-0.25, -0.2) is 0 Å². The highest BCUT2D eigenvalue weighted by atomic mass is 16.5. The summed E-state index contributed by atoms with van der Waals surface area (Å²) in [6, 6.07) is 0. The number of carbonyl (C=O) groups is 2. The lowest BCUT2D eigenvalue weighted by Crippen LogP contribution is -2.51. The minimum Gasteiger partial charge on any atom is -0.466 e. The lowest BCUT2D eigenvalue weighted by Gasteiger charge is -2.22. The van der Waals surface area contributed by atoms with Gasteiger partial charge in [0.25, 0.3) is 0 Å². The van der Waals surface area contributed by atoms with E-state index in [-0.39, 0.29) is 11.9 Å². The zero-order valence-electron chi connectivity index (χ0n) is 10.7. The Morgan fingerprint density at radius 1 is 1.47 bits per heavy atom. The third-order valence-electron chi connectivity index (χ3n) is 3.02. The SMILES string of the molecule is CCOC(=O)CCCNC(=O)C1(C)CCCN1. The number of hydrogen-bond acceptors (Lipinski definition) is 4. The molecule has 1 rings (SSSR count). The molecule has 1 aliphatic rings. The van der Waals surface area contributed by atoms with Crippen molar-refractivity contribution >= 4 is 11.9 Å². The van der Waals surface area contributed by atoms with Crippen LogP contribution in [0, 0.1) is 0 Å². The van der Waals surface area contributed by atoms with Crippen LogP contribution in [0.3, 0.4) is 0 Å². The van der Waals surface area contributed by atoms with Gasteiger partial charge in [-0.15, -0.1) is 0 Å². The van der Waals surface area contributed by atoms with Crippen LogP contribution >= 0.6 is 0 Å². The molecule has 17 heavy (non-hydrogen) atoms. The van der Waals surface area contributed by atoms with E-state index in [1.54, 1.807) is 6.92 Å². The van der Waals surface area contributed by atoms with Gasteiger partial charge in [0.15, 0.2) is 0 Å². The third-order valence-corrected chi connectivity index (χ3v) is 3.02. The number of esters is 1. The Balaban J connectivity index is 2.14.